The van der Waals surface area contributed by atoms with E-state index in [2.05, 4.69) is 5.32 Å². The number of carbonyl (C=O) groups is 3. The molecule has 1 aliphatic rings. The number of rotatable bonds is 2. The third-order valence-electron chi connectivity index (χ3n) is 2.30. The van der Waals surface area contributed by atoms with Crippen LogP contribution in [0.5, 0.6) is 0 Å². The number of urea groups is 1. The van der Waals surface area contributed by atoms with Crippen molar-refractivity contribution in [2.75, 3.05) is 0 Å². The molecule has 1 heterocycles. The molecule has 7 nitrogen and oxygen atoms in total. The summed E-state index contributed by atoms with van der Waals surface area (Å²) in [5, 5.41) is 2.47. The lowest BCUT2D eigenvalue weighted by Gasteiger charge is -2.20. The first-order valence-corrected chi connectivity index (χ1v) is 4.47. The molecule has 1 fully saturated rings. The van der Waals surface area contributed by atoms with Crippen molar-refractivity contribution in [1.82, 2.24) is 15.6 Å². The van der Waals surface area contributed by atoms with Gasteiger partial charge >= 0.3 is 6.03 Å². The standard InChI is InChI=1S/C8H14N4O3/c1-4(5(13)11-9)12-6(14)8(2,3)10-7(12)15/h4H,9H2,1-3H3,(H,10,15)(H,11,13). The molecule has 0 bridgehead atoms. The second kappa shape index (κ2) is 3.50. The number of hydrogen-bond acceptors (Lipinski definition) is 4. The van der Waals surface area contributed by atoms with Gasteiger partial charge in [0.2, 0.25) is 0 Å². The molecule has 0 aromatic carbocycles. The highest BCUT2D eigenvalue weighted by Gasteiger charge is 2.47. The Morgan fingerprint density at radius 1 is 1.53 bits per heavy atom. The average Bonchev–Trinajstić information content (AvgIpc) is 2.34. The van der Waals surface area contributed by atoms with E-state index in [4.69, 9.17) is 5.84 Å². The van der Waals surface area contributed by atoms with E-state index in [0.29, 0.717) is 0 Å². The summed E-state index contributed by atoms with van der Waals surface area (Å²) in [6.07, 6.45) is 0. The van der Waals surface area contributed by atoms with Crippen LogP contribution < -0.4 is 16.6 Å². The monoisotopic (exact) mass is 214 g/mol. The maximum Gasteiger partial charge on any atom is 0.325 e. The second-order valence-corrected chi connectivity index (χ2v) is 3.91. The van der Waals surface area contributed by atoms with Gasteiger partial charge in [0.15, 0.2) is 0 Å². The van der Waals surface area contributed by atoms with Crippen molar-refractivity contribution in [3.63, 3.8) is 0 Å². The molecule has 4 N–H and O–H groups in total. The molecule has 1 atom stereocenters. The third-order valence-corrected chi connectivity index (χ3v) is 2.30. The Kier molecular flexibility index (Phi) is 2.67. The summed E-state index contributed by atoms with van der Waals surface area (Å²) in [4.78, 5) is 35.2. The van der Waals surface area contributed by atoms with Crippen molar-refractivity contribution in [2.45, 2.75) is 32.4 Å². The maximum absolute atomic E-state index is 11.7. The topological polar surface area (TPSA) is 105 Å². The molecule has 15 heavy (non-hydrogen) atoms. The Morgan fingerprint density at radius 3 is 2.40 bits per heavy atom. The highest BCUT2D eigenvalue weighted by Crippen LogP contribution is 2.18. The number of amides is 4. The van der Waals surface area contributed by atoms with E-state index < -0.39 is 29.4 Å². The van der Waals surface area contributed by atoms with Gasteiger partial charge in [-0.2, -0.15) is 0 Å². The Hall–Kier alpha value is -1.63. The summed E-state index contributed by atoms with van der Waals surface area (Å²) in [7, 11) is 0. The van der Waals surface area contributed by atoms with Gasteiger partial charge in [-0.1, -0.05) is 0 Å². The van der Waals surface area contributed by atoms with Crippen molar-refractivity contribution in [1.29, 1.82) is 0 Å². The lowest BCUT2D eigenvalue weighted by atomic mass is 10.1. The molecule has 1 rings (SSSR count). The summed E-state index contributed by atoms with van der Waals surface area (Å²) >= 11 is 0. The van der Waals surface area contributed by atoms with Crippen molar-refractivity contribution in [3.8, 4) is 0 Å². The van der Waals surface area contributed by atoms with Gasteiger partial charge in [0.25, 0.3) is 11.8 Å². The molecule has 0 spiro atoms. The Balaban J connectivity index is 2.93. The number of hydrogen-bond donors (Lipinski definition) is 3. The van der Waals surface area contributed by atoms with Gasteiger partial charge in [-0.05, 0) is 20.8 Å². The lowest BCUT2D eigenvalue weighted by Crippen LogP contribution is -2.50. The first-order chi connectivity index (χ1) is 6.81. The van der Waals surface area contributed by atoms with Gasteiger partial charge < -0.3 is 5.32 Å². The van der Waals surface area contributed by atoms with Gasteiger partial charge in [0.05, 0.1) is 0 Å². The molecule has 0 aromatic rings. The first-order valence-electron chi connectivity index (χ1n) is 4.47. The van der Waals surface area contributed by atoms with Gasteiger partial charge in [-0.3, -0.25) is 15.0 Å². The molecule has 1 saturated heterocycles. The van der Waals surface area contributed by atoms with Gasteiger partial charge in [-0.25, -0.2) is 15.5 Å². The fourth-order valence-electron chi connectivity index (χ4n) is 1.36. The zero-order valence-electron chi connectivity index (χ0n) is 8.83. The Labute approximate surface area is 86.9 Å². The third kappa shape index (κ3) is 1.78. The largest absolute Gasteiger partial charge is 0.325 e. The van der Waals surface area contributed by atoms with Crippen LogP contribution in [-0.2, 0) is 9.59 Å². The van der Waals surface area contributed by atoms with Crippen LogP contribution in [0.1, 0.15) is 20.8 Å². The predicted molar refractivity (Wildman–Crippen MR) is 51.2 cm³/mol. The average molecular weight is 214 g/mol. The molecule has 4 amide bonds. The van der Waals surface area contributed by atoms with E-state index in [1.54, 1.807) is 13.8 Å². The van der Waals surface area contributed by atoms with E-state index in [9.17, 15) is 14.4 Å². The number of nitrogens with zero attached hydrogens (tertiary/aromatic N) is 1. The number of nitrogens with two attached hydrogens (primary N) is 1. The molecule has 1 unspecified atom stereocenters. The van der Waals surface area contributed by atoms with Crippen LogP contribution in [0.15, 0.2) is 0 Å². The van der Waals surface area contributed by atoms with Gasteiger partial charge in [0.1, 0.15) is 11.6 Å². The molecule has 84 valence electrons. The van der Waals surface area contributed by atoms with E-state index in [1.165, 1.54) is 6.92 Å². The van der Waals surface area contributed by atoms with Crippen LogP contribution in [0.4, 0.5) is 4.79 Å². The molecule has 0 aliphatic carbocycles. The predicted octanol–water partition coefficient (Wildman–Crippen LogP) is -1.30. The highest BCUT2D eigenvalue weighted by atomic mass is 16.2. The Bertz CT molecular complexity index is 326. The smallest absolute Gasteiger partial charge is 0.324 e. The summed E-state index contributed by atoms with van der Waals surface area (Å²) in [6, 6.07) is -1.50. The minimum Gasteiger partial charge on any atom is -0.324 e. The van der Waals surface area contributed by atoms with Crippen molar-refractivity contribution in [3.05, 3.63) is 0 Å². The molecular weight excluding hydrogens is 200 g/mol. The number of carbonyl (C=O) groups excluding carboxylic acids is 3. The number of imide groups is 1. The minimum atomic E-state index is -0.972. The summed E-state index contributed by atoms with van der Waals surface area (Å²) in [6.45, 7) is 4.57. The minimum absolute atomic E-state index is 0.441. The van der Waals surface area contributed by atoms with Gasteiger partial charge in [-0.15, -0.1) is 0 Å². The van der Waals surface area contributed by atoms with Crippen LogP contribution in [0.25, 0.3) is 0 Å². The highest BCUT2D eigenvalue weighted by molar-refractivity contribution is 6.09. The normalized spacial score (nSPS) is 21.2. The molecule has 0 radical (unpaired) electrons. The molecular formula is C8H14N4O3. The number of nitrogens with one attached hydrogen (secondary N) is 2. The van der Waals surface area contributed by atoms with Gasteiger partial charge in [0, 0.05) is 0 Å². The van der Waals surface area contributed by atoms with Crippen LogP contribution in [0.2, 0.25) is 0 Å². The summed E-state index contributed by atoms with van der Waals surface area (Å²) in [5.74, 6) is 3.90. The molecule has 0 aromatic heterocycles. The van der Waals surface area contributed by atoms with E-state index in [-0.39, 0.29) is 0 Å². The zero-order valence-corrected chi connectivity index (χ0v) is 8.83. The van der Waals surface area contributed by atoms with E-state index in [1.807, 2.05) is 5.43 Å². The summed E-state index contributed by atoms with van der Waals surface area (Å²) < 4.78 is 0. The second-order valence-electron chi connectivity index (χ2n) is 3.91. The first kappa shape index (κ1) is 11.4. The van der Waals surface area contributed by atoms with Crippen LogP contribution in [0.3, 0.4) is 0 Å². The van der Waals surface area contributed by atoms with Crippen molar-refractivity contribution < 1.29 is 14.4 Å². The lowest BCUT2D eigenvalue weighted by molar-refractivity contribution is -0.137. The quantitative estimate of drug-likeness (QED) is 0.230. The van der Waals surface area contributed by atoms with E-state index >= 15 is 0 Å². The SMILES string of the molecule is CC(C(=O)NN)N1C(=O)NC(C)(C)C1=O. The molecule has 0 saturated carbocycles. The van der Waals surface area contributed by atoms with Crippen LogP contribution in [0, 0.1) is 0 Å². The van der Waals surface area contributed by atoms with E-state index in [0.717, 1.165) is 4.90 Å². The number of hydrazine groups is 1. The molecule has 7 heteroatoms. The zero-order chi connectivity index (χ0) is 11.8. The molecule has 1 aliphatic heterocycles. The fraction of sp³-hybridized carbons (Fsp3) is 0.625. The van der Waals surface area contributed by atoms with Crippen molar-refractivity contribution >= 4 is 17.8 Å². The Morgan fingerprint density at radius 2 is 2.07 bits per heavy atom. The maximum atomic E-state index is 11.7. The van der Waals surface area contributed by atoms with Crippen LogP contribution >= 0.6 is 0 Å². The summed E-state index contributed by atoms with van der Waals surface area (Å²) in [5.41, 5.74) is 0.925. The fourth-order valence-corrected chi connectivity index (χ4v) is 1.36. The van der Waals surface area contributed by atoms with Crippen molar-refractivity contribution in [2.24, 2.45) is 5.84 Å². The van der Waals surface area contributed by atoms with Crippen LogP contribution in [-0.4, -0.2) is 34.3 Å².